The van der Waals surface area contributed by atoms with Gasteiger partial charge in [0.15, 0.2) is 0 Å². The molecule has 37 heavy (non-hydrogen) atoms. The Labute approximate surface area is 212 Å². The number of fused-ring (bicyclic) bond motifs is 4. The zero-order valence-corrected chi connectivity index (χ0v) is 20.2. The van der Waals surface area contributed by atoms with E-state index in [0.717, 1.165) is 5.56 Å². The second-order valence-corrected chi connectivity index (χ2v) is 8.94. The Bertz CT molecular complexity index is 1580. The Morgan fingerprint density at radius 1 is 1.00 bits per heavy atom. The van der Waals surface area contributed by atoms with Crippen molar-refractivity contribution in [3.05, 3.63) is 129 Å². The van der Waals surface area contributed by atoms with Gasteiger partial charge in [-0.3, -0.25) is 14.9 Å². The molecule has 2 aliphatic rings. The van der Waals surface area contributed by atoms with Crippen molar-refractivity contribution in [3.63, 3.8) is 0 Å². The molecular formula is C28H23N5O4. The van der Waals surface area contributed by atoms with Crippen molar-refractivity contribution in [2.45, 2.75) is 18.9 Å². The fourth-order valence-corrected chi connectivity index (χ4v) is 5.45. The number of rotatable bonds is 5. The topological polar surface area (TPSA) is 103 Å². The molecule has 1 amide bonds. The van der Waals surface area contributed by atoms with Crippen molar-refractivity contribution < 1.29 is 14.5 Å². The summed E-state index contributed by atoms with van der Waals surface area (Å²) in [7, 11) is 1.54. The second-order valence-electron chi connectivity index (χ2n) is 8.94. The van der Waals surface area contributed by atoms with E-state index in [0.29, 0.717) is 28.2 Å². The van der Waals surface area contributed by atoms with Crippen LogP contribution in [0.15, 0.2) is 96.5 Å². The highest BCUT2D eigenvalue weighted by atomic mass is 16.6. The molecule has 3 aromatic carbocycles. The summed E-state index contributed by atoms with van der Waals surface area (Å²) in [5, 5.41) is 20.3. The van der Waals surface area contributed by atoms with Crippen LogP contribution in [0.3, 0.4) is 0 Å². The van der Waals surface area contributed by atoms with E-state index < -0.39 is 16.2 Å². The normalized spacial score (nSPS) is 18.0. The van der Waals surface area contributed by atoms with E-state index in [1.165, 1.54) is 0 Å². The fraction of sp³-hybridized carbons (Fsp3) is 0.143. The van der Waals surface area contributed by atoms with Gasteiger partial charge in [-0.2, -0.15) is 5.10 Å². The summed E-state index contributed by atoms with van der Waals surface area (Å²) in [6, 6.07) is 26.1. The van der Waals surface area contributed by atoms with Gasteiger partial charge in [-0.05, 0) is 30.7 Å². The van der Waals surface area contributed by atoms with Gasteiger partial charge in [0.25, 0.3) is 11.8 Å². The largest absolute Gasteiger partial charge is 0.416 e. The smallest absolute Gasteiger partial charge is 0.330 e. The third-order valence-corrected chi connectivity index (χ3v) is 6.92. The predicted molar refractivity (Wildman–Crippen MR) is 137 cm³/mol. The molecule has 4 aromatic rings. The molecule has 0 radical (unpaired) electrons. The third-order valence-electron chi connectivity index (χ3n) is 6.92. The number of carbonyl (C=O) groups is 1. The van der Waals surface area contributed by atoms with E-state index in [2.05, 4.69) is 5.32 Å². The fourth-order valence-electron chi connectivity index (χ4n) is 5.45. The molecule has 9 heteroatoms. The number of para-hydroxylation sites is 2. The average Bonchev–Trinajstić information content (AvgIpc) is 3.38. The van der Waals surface area contributed by atoms with Crippen LogP contribution < -0.4 is 15.0 Å². The molecule has 1 N–H and O–H groups in total. The summed E-state index contributed by atoms with van der Waals surface area (Å²) in [5.74, 6) is -0.250. The molecule has 1 atom stereocenters. The van der Waals surface area contributed by atoms with Gasteiger partial charge in [0.1, 0.15) is 0 Å². The molecule has 3 heterocycles. The lowest BCUT2D eigenvalue weighted by atomic mass is 9.71. The first-order valence-electron chi connectivity index (χ1n) is 11.8. The summed E-state index contributed by atoms with van der Waals surface area (Å²) in [5.41, 5.74) is 1.49. The lowest BCUT2D eigenvalue weighted by Gasteiger charge is -2.31. The summed E-state index contributed by atoms with van der Waals surface area (Å²) < 4.78 is 7.72. The van der Waals surface area contributed by atoms with Gasteiger partial charge in [0, 0.05) is 18.3 Å². The Morgan fingerprint density at radius 2 is 1.65 bits per heavy atom. The first-order valence-corrected chi connectivity index (χ1v) is 11.8. The quantitative estimate of drug-likeness (QED) is 0.332. The van der Waals surface area contributed by atoms with Crippen LogP contribution in [0.4, 0.5) is 5.69 Å². The Morgan fingerprint density at radius 3 is 2.32 bits per heavy atom. The molecule has 184 valence electrons. The summed E-state index contributed by atoms with van der Waals surface area (Å²) in [6.07, 6.45) is 0. The molecule has 9 nitrogen and oxygen atoms in total. The first kappa shape index (κ1) is 22.5. The van der Waals surface area contributed by atoms with Crippen LogP contribution in [0.2, 0.25) is 0 Å². The van der Waals surface area contributed by atoms with Gasteiger partial charge in [-0.25, -0.2) is 4.68 Å². The maximum absolute atomic E-state index is 14.6. The molecule has 0 bridgehead atoms. The van der Waals surface area contributed by atoms with Crippen LogP contribution in [-0.4, -0.2) is 27.7 Å². The van der Waals surface area contributed by atoms with Crippen molar-refractivity contribution in [2.75, 3.05) is 11.9 Å². The lowest BCUT2D eigenvalue weighted by Crippen LogP contribution is -2.48. The van der Waals surface area contributed by atoms with E-state index in [9.17, 15) is 14.9 Å². The molecular weight excluding hydrogens is 470 g/mol. The van der Waals surface area contributed by atoms with E-state index in [-0.39, 0.29) is 24.0 Å². The molecule has 0 saturated heterocycles. The van der Waals surface area contributed by atoms with Crippen molar-refractivity contribution in [1.82, 2.24) is 15.1 Å². The number of aromatic nitrogens is 2. The monoisotopic (exact) mass is 493 g/mol. The molecule has 1 spiro atoms. The predicted octanol–water partition coefficient (Wildman–Crippen LogP) is 4.07. The number of nitrogens with one attached hydrogen (secondary N) is 1. The van der Waals surface area contributed by atoms with Crippen LogP contribution in [0, 0.1) is 17.0 Å². The zero-order chi connectivity index (χ0) is 25.7. The summed E-state index contributed by atoms with van der Waals surface area (Å²) >= 11 is 0. The maximum atomic E-state index is 14.6. The standard InChI is InChI=1S/C28H23N5O4/c1-18-23-26(32(30-18)20-13-7-4-8-14-20)37-25(29-2)24(33(35)36)28(23)21-15-9-10-16-22(21)31(27(28)34)17-19-11-5-3-6-12-19/h3-16,29H,17H2,1-2H3. The van der Waals surface area contributed by atoms with E-state index in [1.807, 2.05) is 72.8 Å². The van der Waals surface area contributed by atoms with Crippen LogP contribution in [0.1, 0.15) is 22.4 Å². The first-order chi connectivity index (χ1) is 18.0. The van der Waals surface area contributed by atoms with E-state index in [1.54, 1.807) is 35.7 Å². The number of amides is 1. The van der Waals surface area contributed by atoms with E-state index >= 15 is 0 Å². The third kappa shape index (κ3) is 3.10. The second kappa shape index (κ2) is 8.34. The number of nitro groups is 1. The number of hydrogen-bond donors (Lipinski definition) is 1. The van der Waals surface area contributed by atoms with Crippen LogP contribution in [0.5, 0.6) is 5.88 Å². The summed E-state index contributed by atoms with van der Waals surface area (Å²) in [4.78, 5) is 28.5. The number of hydrogen-bond acceptors (Lipinski definition) is 6. The number of ether oxygens (including phenoxy) is 1. The van der Waals surface area contributed by atoms with Crippen molar-refractivity contribution in [1.29, 1.82) is 0 Å². The number of anilines is 1. The average molecular weight is 494 g/mol. The van der Waals surface area contributed by atoms with Crippen LogP contribution in [0.25, 0.3) is 5.69 Å². The highest BCUT2D eigenvalue weighted by Gasteiger charge is 2.66. The SMILES string of the molecule is CNC1=C([N+](=O)[O-])C2(C(=O)N(Cc3ccccc3)c3ccccc32)c2c(C)nn(-c3ccccc3)c2O1. The van der Waals surface area contributed by atoms with Gasteiger partial charge in [-0.15, -0.1) is 0 Å². The molecule has 0 saturated carbocycles. The van der Waals surface area contributed by atoms with Crippen molar-refractivity contribution in [2.24, 2.45) is 0 Å². The molecule has 0 aliphatic carbocycles. The number of benzene rings is 3. The lowest BCUT2D eigenvalue weighted by molar-refractivity contribution is -0.436. The molecule has 1 aromatic heterocycles. The molecule has 0 fully saturated rings. The molecule has 6 rings (SSSR count). The van der Waals surface area contributed by atoms with Crippen LogP contribution >= 0.6 is 0 Å². The molecule has 1 unspecified atom stereocenters. The summed E-state index contributed by atoms with van der Waals surface area (Å²) in [6.45, 7) is 2.02. The number of aryl methyl sites for hydroxylation is 1. The Hall–Kier alpha value is -4.92. The van der Waals surface area contributed by atoms with Gasteiger partial charge in [0.2, 0.25) is 11.3 Å². The Kier molecular flexibility index (Phi) is 5.08. The highest BCUT2D eigenvalue weighted by Crippen LogP contribution is 2.57. The minimum Gasteiger partial charge on any atom is -0.416 e. The molecule has 2 aliphatic heterocycles. The number of nitrogens with zero attached hydrogens (tertiary/aromatic N) is 4. The van der Waals surface area contributed by atoms with Gasteiger partial charge < -0.3 is 15.0 Å². The van der Waals surface area contributed by atoms with Crippen molar-refractivity contribution >= 4 is 11.6 Å². The zero-order valence-electron chi connectivity index (χ0n) is 20.2. The van der Waals surface area contributed by atoms with Gasteiger partial charge >= 0.3 is 5.70 Å². The minimum absolute atomic E-state index is 0.0979. The van der Waals surface area contributed by atoms with Gasteiger partial charge in [-0.1, -0.05) is 66.7 Å². The van der Waals surface area contributed by atoms with Gasteiger partial charge in [0.05, 0.1) is 28.4 Å². The van der Waals surface area contributed by atoms with E-state index in [4.69, 9.17) is 9.84 Å². The minimum atomic E-state index is -1.75. The highest BCUT2D eigenvalue weighted by molar-refractivity contribution is 6.13. The Balaban J connectivity index is 1.68. The maximum Gasteiger partial charge on any atom is 0.330 e. The van der Waals surface area contributed by atoms with Crippen LogP contribution in [-0.2, 0) is 16.8 Å². The number of carbonyl (C=O) groups excluding carboxylic acids is 1. The van der Waals surface area contributed by atoms with Crippen molar-refractivity contribution in [3.8, 4) is 11.6 Å².